The Labute approximate surface area is 141 Å². The molecule has 0 unspecified atom stereocenters. The van der Waals surface area contributed by atoms with Crippen LogP contribution < -0.4 is 10.1 Å². The lowest BCUT2D eigenvalue weighted by Crippen LogP contribution is -2.14. The molecule has 0 atom stereocenters. The average Bonchev–Trinajstić information content (AvgIpc) is 2.50. The molecule has 0 aliphatic carbocycles. The first-order valence-electron chi connectivity index (χ1n) is 6.54. The summed E-state index contributed by atoms with van der Waals surface area (Å²) in [7, 11) is 1.54. The van der Waals surface area contributed by atoms with Crippen molar-refractivity contribution < 1.29 is 13.9 Å². The highest BCUT2D eigenvalue weighted by molar-refractivity contribution is 9.10. The smallest absolute Gasteiger partial charge is 0.234 e. The van der Waals surface area contributed by atoms with E-state index in [2.05, 4.69) is 21.2 Å². The molecule has 22 heavy (non-hydrogen) atoms. The quantitative estimate of drug-likeness (QED) is 0.799. The minimum absolute atomic E-state index is 0.104. The molecule has 0 heterocycles. The Kier molecular flexibility index (Phi) is 6.27. The van der Waals surface area contributed by atoms with Crippen molar-refractivity contribution in [3.05, 3.63) is 58.3 Å². The maximum atomic E-state index is 13.3. The van der Waals surface area contributed by atoms with Gasteiger partial charge < -0.3 is 10.1 Å². The number of carbonyl (C=O) groups is 1. The first-order valence-corrected chi connectivity index (χ1v) is 8.49. The van der Waals surface area contributed by atoms with Crippen LogP contribution >= 0.6 is 27.7 Å². The van der Waals surface area contributed by atoms with Gasteiger partial charge in [-0.2, -0.15) is 0 Å². The molecule has 2 rings (SSSR count). The second-order valence-electron chi connectivity index (χ2n) is 4.48. The van der Waals surface area contributed by atoms with Crippen molar-refractivity contribution in [2.24, 2.45) is 0 Å². The molecule has 0 saturated heterocycles. The highest BCUT2D eigenvalue weighted by Crippen LogP contribution is 2.25. The third-order valence-electron chi connectivity index (χ3n) is 2.88. The number of amides is 1. The van der Waals surface area contributed by atoms with Crippen LogP contribution in [-0.2, 0) is 10.5 Å². The Balaban J connectivity index is 1.87. The second kappa shape index (κ2) is 8.19. The van der Waals surface area contributed by atoms with Crippen molar-refractivity contribution >= 4 is 39.3 Å². The zero-order valence-electron chi connectivity index (χ0n) is 11.9. The van der Waals surface area contributed by atoms with Gasteiger partial charge in [-0.1, -0.05) is 12.1 Å². The lowest BCUT2D eigenvalue weighted by Gasteiger charge is -2.09. The lowest BCUT2D eigenvalue weighted by atomic mass is 10.2. The van der Waals surface area contributed by atoms with Gasteiger partial charge in [-0.15, -0.1) is 11.8 Å². The van der Waals surface area contributed by atoms with Crippen molar-refractivity contribution in [2.45, 2.75) is 5.75 Å². The van der Waals surface area contributed by atoms with Crippen LogP contribution in [0.15, 0.2) is 46.9 Å². The molecule has 0 saturated carbocycles. The van der Waals surface area contributed by atoms with Gasteiger partial charge in [-0.3, -0.25) is 4.79 Å². The number of halogens is 2. The van der Waals surface area contributed by atoms with Crippen molar-refractivity contribution in [1.29, 1.82) is 0 Å². The van der Waals surface area contributed by atoms with Gasteiger partial charge in [0.2, 0.25) is 5.91 Å². The zero-order valence-corrected chi connectivity index (χ0v) is 14.3. The van der Waals surface area contributed by atoms with E-state index in [9.17, 15) is 9.18 Å². The topological polar surface area (TPSA) is 38.3 Å². The number of ether oxygens (including phenoxy) is 1. The second-order valence-corrected chi connectivity index (χ2v) is 6.32. The van der Waals surface area contributed by atoms with Crippen molar-refractivity contribution in [3.63, 3.8) is 0 Å². The van der Waals surface area contributed by atoms with E-state index in [1.807, 2.05) is 24.3 Å². The molecular weight excluding hydrogens is 369 g/mol. The van der Waals surface area contributed by atoms with E-state index in [0.717, 1.165) is 15.7 Å². The molecular formula is C16H15BrFNO2S. The minimum Gasteiger partial charge on any atom is -0.496 e. The average molecular weight is 384 g/mol. The van der Waals surface area contributed by atoms with E-state index in [1.54, 1.807) is 13.2 Å². The molecule has 0 radical (unpaired) electrons. The van der Waals surface area contributed by atoms with E-state index < -0.39 is 0 Å². The number of methoxy groups -OCH3 is 1. The van der Waals surface area contributed by atoms with Crippen molar-refractivity contribution in [2.75, 3.05) is 18.2 Å². The van der Waals surface area contributed by atoms with Gasteiger partial charge in [0.15, 0.2) is 0 Å². The van der Waals surface area contributed by atoms with Crippen LogP contribution in [-0.4, -0.2) is 18.8 Å². The maximum Gasteiger partial charge on any atom is 0.234 e. The molecule has 116 valence electrons. The standard InChI is InChI=1S/C16H15BrFNO2S/c1-21-15-7-6-12(18)8-11(15)9-22-10-16(20)19-14-5-3-2-4-13(14)17/h2-8H,9-10H2,1H3,(H,19,20). The monoisotopic (exact) mass is 383 g/mol. The summed E-state index contributed by atoms with van der Waals surface area (Å²) in [6, 6.07) is 11.8. The number of thioether (sulfide) groups is 1. The van der Waals surface area contributed by atoms with E-state index in [1.165, 1.54) is 23.9 Å². The van der Waals surface area contributed by atoms with Gasteiger partial charge in [0, 0.05) is 15.8 Å². The van der Waals surface area contributed by atoms with Gasteiger partial charge in [0.25, 0.3) is 0 Å². The molecule has 0 bridgehead atoms. The summed E-state index contributed by atoms with van der Waals surface area (Å²) in [4.78, 5) is 11.9. The predicted molar refractivity (Wildman–Crippen MR) is 91.9 cm³/mol. The summed E-state index contributed by atoms with van der Waals surface area (Å²) in [6.45, 7) is 0. The normalized spacial score (nSPS) is 10.3. The molecule has 2 aromatic carbocycles. The van der Waals surface area contributed by atoms with E-state index in [-0.39, 0.29) is 17.5 Å². The van der Waals surface area contributed by atoms with Crippen LogP contribution in [0.4, 0.5) is 10.1 Å². The molecule has 0 spiro atoms. The Morgan fingerprint density at radius 2 is 2.09 bits per heavy atom. The van der Waals surface area contributed by atoms with E-state index >= 15 is 0 Å². The van der Waals surface area contributed by atoms with Gasteiger partial charge in [-0.25, -0.2) is 4.39 Å². The summed E-state index contributed by atoms with van der Waals surface area (Å²) in [6.07, 6.45) is 0. The molecule has 6 heteroatoms. The third-order valence-corrected chi connectivity index (χ3v) is 4.55. The van der Waals surface area contributed by atoms with Gasteiger partial charge in [-0.05, 0) is 46.3 Å². The zero-order chi connectivity index (χ0) is 15.9. The van der Waals surface area contributed by atoms with Crippen LogP contribution in [0.5, 0.6) is 5.75 Å². The molecule has 0 aliphatic rings. The number of hydrogen-bond acceptors (Lipinski definition) is 3. The predicted octanol–water partition coefficient (Wildman–Crippen LogP) is 4.47. The summed E-state index contributed by atoms with van der Waals surface area (Å²) >= 11 is 4.78. The third kappa shape index (κ3) is 4.74. The van der Waals surface area contributed by atoms with Crippen LogP contribution in [0.1, 0.15) is 5.56 Å². The molecule has 0 aliphatic heterocycles. The SMILES string of the molecule is COc1ccc(F)cc1CSCC(=O)Nc1ccccc1Br. The number of carbonyl (C=O) groups excluding carboxylic acids is 1. The fraction of sp³-hybridized carbons (Fsp3) is 0.188. The molecule has 1 N–H and O–H groups in total. The lowest BCUT2D eigenvalue weighted by molar-refractivity contribution is -0.113. The fourth-order valence-corrected chi connectivity index (χ4v) is 3.05. The fourth-order valence-electron chi connectivity index (χ4n) is 1.86. The molecule has 3 nitrogen and oxygen atoms in total. The number of hydrogen-bond donors (Lipinski definition) is 1. The maximum absolute atomic E-state index is 13.3. The summed E-state index contributed by atoms with van der Waals surface area (Å²) in [5.74, 6) is 0.993. The van der Waals surface area contributed by atoms with Gasteiger partial charge in [0.05, 0.1) is 18.6 Å². The Morgan fingerprint density at radius 3 is 2.82 bits per heavy atom. The van der Waals surface area contributed by atoms with Gasteiger partial charge >= 0.3 is 0 Å². The largest absolute Gasteiger partial charge is 0.496 e. The Bertz CT molecular complexity index is 666. The van der Waals surface area contributed by atoms with Crippen molar-refractivity contribution in [3.8, 4) is 5.75 Å². The number of benzene rings is 2. The van der Waals surface area contributed by atoms with Crippen LogP contribution in [0.2, 0.25) is 0 Å². The van der Waals surface area contributed by atoms with Crippen LogP contribution in [0.3, 0.4) is 0 Å². The molecule has 0 fully saturated rings. The number of anilines is 1. The highest BCUT2D eigenvalue weighted by atomic mass is 79.9. The first-order chi connectivity index (χ1) is 10.6. The van der Waals surface area contributed by atoms with Crippen LogP contribution in [0.25, 0.3) is 0 Å². The highest BCUT2D eigenvalue weighted by Gasteiger charge is 2.08. The molecule has 1 amide bonds. The summed E-state index contributed by atoms with van der Waals surface area (Å²) in [5.41, 5.74) is 1.47. The Hall–Kier alpha value is -1.53. The minimum atomic E-state index is -0.311. The summed E-state index contributed by atoms with van der Waals surface area (Å²) < 4.78 is 19.3. The number of nitrogens with one attached hydrogen (secondary N) is 1. The van der Waals surface area contributed by atoms with E-state index in [4.69, 9.17) is 4.74 Å². The van der Waals surface area contributed by atoms with Crippen LogP contribution in [0, 0.1) is 5.82 Å². The summed E-state index contributed by atoms with van der Waals surface area (Å²) in [5, 5.41) is 2.82. The Morgan fingerprint density at radius 1 is 1.32 bits per heavy atom. The first kappa shape index (κ1) is 16.8. The molecule has 0 aromatic heterocycles. The van der Waals surface area contributed by atoms with E-state index in [0.29, 0.717) is 11.5 Å². The number of rotatable bonds is 6. The van der Waals surface area contributed by atoms with Gasteiger partial charge in [0.1, 0.15) is 11.6 Å². The number of para-hydroxylation sites is 1. The van der Waals surface area contributed by atoms with Crippen molar-refractivity contribution in [1.82, 2.24) is 0 Å². The molecule has 2 aromatic rings.